The Morgan fingerprint density at radius 3 is 2.93 bits per heavy atom. The lowest BCUT2D eigenvalue weighted by Crippen LogP contribution is -2.13. The van der Waals surface area contributed by atoms with Crippen LogP contribution in [0.3, 0.4) is 0 Å². The molecular weight excluding hydrogens is 188 g/mol. The van der Waals surface area contributed by atoms with Crippen LogP contribution < -0.4 is 5.73 Å². The standard InChI is InChI=1S/C11H20N4/c12-7-3-6-11-8-13-14-15(11)9-10-4-1-2-5-10/h8,10H,1-7,9,12H2. The minimum atomic E-state index is 0.745. The van der Waals surface area contributed by atoms with Gasteiger partial charge in [0, 0.05) is 6.54 Å². The molecule has 4 nitrogen and oxygen atoms in total. The third kappa shape index (κ3) is 2.78. The number of hydrogen-bond acceptors (Lipinski definition) is 3. The zero-order valence-electron chi connectivity index (χ0n) is 9.23. The van der Waals surface area contributed by atoms with Gasteiger partial charge in [-0.3, -0.25) is 0 Å². The molecule has 2 N–H and O–H groups in total. The summed E-state index contributed by atoms with van der Waals surface area (Å²) in [5.74, 6) is 0.823. The average molecular weight is 208 g/mol. The third-order valence-corrected chi connectivity index (χ3v) is 3.24. The van der Waals surface area contributed by atoms with Crippen molar-refractivity contribution in [2.75, 3.05) is 6.54 Å². The molecule has 0 amide bonds. The Kier molecular flexibility index (Phi) is 3.72. The second-order valence-electron chi connectivity index (χ2n) is 4.45. The highest BCUT2D eigenvalue weighted by molar-refractivity contribution is 4.94. The molecule has 1 aliphatic rings. The van der Waals surface area contributed by atoms with Crippen LogP contribution in [-0.2, 0) is 13.0 Å². The molecule has 1 aromatic rings. The first kappa shape index (κ1) is 10.6. The van der Waals surface area contributed by atoms with Gasteiger partial charge in [-0.2, -0.15) is 0 Å². The summed E-state index contributed by atoms with van der Waals surface area (Å²) in [7, 11) is 0. The second kappa shape index (κ2) is 5.26. The number of aryl methyl sites for hydroxylation is 1. The van der Waals surface area contributed by atoms with E-state index in [2.05, 4.69) is 15.0 Å². The number of nitrogens with two attached hydrogens (primary N) is 1. The van der Waals surface area contributed by atoms with Crippen LogP contribution in [-0.4, -0.2) is 21.5 Å². The maximum atomic E-state index is 5.51. The van der Waals surface area contributed by atoms with Crippen LogP contribution in [0.15, 0.2) is 6.20 Å². The maximum absolute atomic E-state index is 5.51. The monoisotopic (exact) mass is 208 g/mol. The van der Waals surface area contributed by atoms with Crippen molar-refractivity contribution >= 4 is 0 Å². The van der Waals surface area contributed by atoms with Crippen LogP contribution in [0.25, 0.3) is 0 Å². The Bertz CT molecular complexity index is 289. The molecule has 0 aliphatic heterocycles. The van der Waals surface area contributed by atoms with Gasteiger partial charge in [0.25, 0.3) is 0 Å². The van der Waals surface area contributed by atoms with Crippen molar-refractivity contribution in [3.05, 3.63) is 11.9 Å². The lowest BCUT2D eigenvalue weighted by molar-refractivity contribution is 0.411. The predicted molar refractivity (Wildman–Crippen MR) is 59.4 cm³/mol. The van der Waals surface area contributed by atoms with Crippen molar-refractivity contribution in [2.45, 2.75) is 45.1 Å². The van der Waals surface area contributed by atoms with Gasteiger partial charge in [0.2, 0.25) is 0 Å². The van der Waals surface area contributed by atoms with Crippen LogP contribution >= 0.6 is 0 Å². The van der Waals surface area contributed by atoms with E-state index in [4.69, 9.17) is 5.73 Å². The van der Waals surface area contributed by atoms with Gasteiger partial charge in [-0.25, -0.2) is 4.68 Å². The molecule has 0 atom stereocenters. The highest BCUT2D eigenvalue weighted by atomic mass is 15.4. The molecule has 0 saturated heterocycles. The minimum absolute atomic E-state index is 0.745. The van der Waals surface area contributed by atoms with Crippen LogP contribution in [0, 0.1) is 5.92 Å². The van der Waals surface area contributed by atoms with Crippen molar-refractivity contribution in [1.29, 1.82) is 0 Å². The summed E-state index contributed by atoms with van der Waals surface area (Å²) in [6, 6.07) is 0. The van der Waals surface area contributed by atoms with Gasteiger partial charge in [-0.1, -0.05) is 18.1 Å². The second-order valence-corrected chi connectivity index (χ2v) is 4.45. The number of rotatable bonds is 5. The highest BCUT2D eigenvalue weighted by Crippen LogP contribution is 2.26. The van der Waals surface area contributed by atoms with Crippen LogP contribution in [0.4, 0.5) is 0 Å². The fourth-order valence-corrected chi connectivity index (χ4v) is 2.35. The van der Waals surface area contributed by atoms with E-state index < -0.39 is 0 Å². The molecule has 1 aliphatic carbocycles. The van der Waals surface area contributed by atoms with Gasteiger partial charge < -0.3 is 5.73 Å². The molecule has 2 rings (SSSR count). The van der Waals surface area contributed by atoms with Gasteiger partial charge in [-0.05, 0) is 38.1 Å². The molecule has 0 unspecified atom stereocenters. The molecule has 0 bridgehead atoms. The molecule has 1 fully saturated rings. The van der Waals surface area contributed by atoms with E-state index in [0.717, 1.165) is 31.8 Å². The summed E-state index contributed by atoms with van der Waals surface area (Å²) in [4.78, 5) is 0. The zero-order valence-corrected chi connectivity index (χ0v) is 9.23. The lowest BCUT2D eigenvalue weighted by Gasteiger charge is -2.10. The molecule has 1 heterocycles. The smallest absolute Gasteiger partial charge is 0.0725 e. The first-order valence-corrected chi connectivity index (χ1v) is 5.97. The third-order valence-electron chi connectivity index (χ3n) is 3.24. The highest BCUT2D eigenvalue weighted by Gasteiger charge is 2.17. The largest absolute Gasteiger partial charge is 0.330 e. The Hall–Kier alpha value is -0.900. The van der Waals surface area contributed by atoms with Crippen molar-refractivity contribution in [3.63, 3.8) is 0 Å². The van der Waals surface area contributed by atoms with Crippen LogP contribution in [0.5, 0.6) is 0 Å². The van der Waals surface area contributed by atoms with Gasteiger partial charge in [0.15, 0.2) is 0 Å². The molecular formula is C11H20N4. The molecule has 0 aromatic carbocycles. The summed E-state index contributed by atoms with van der Waals surface area (Å²) in [5, 5.41) is 8.15. The van der Waals surface area contributed by atoms with E-state index in [1.165, 1.54) is 31.4 Å². The molecule has 84 valence electrons. The summed E-state index contributed by atoms with van der Waals surface area (Å²) in [6.45, 7) is 1.80. The summed E-state index contributed by atoms with van der Waals surface area (Å²) in [6.07, 6.45) is 9.40. The van der Waals surface area contributed by atoms with E-state index in [1.54, 1.807) is 0 Å². The van der Waals surface area contributed by atoms with Crippen LogP contribution in [0.2, 0.25) is 0 Å². The van der Waals surface area contributed by atoms with Gasteiger partial charge >= 0.3 is 0 Å². The fraction of sp³-hybridized carbons (Fsp3) is 0.818. The van der Waals surface area contributed by atoms with Crippen LogP contribution in [0.1, 0.15) is 37.8 Å². The number of nitrogens with zero attached hydrogens (tertiary/aromatic N) is 3. The summed E-state index contributed by atoms with van der Waals surface area (Å²) >= 11 is 0. The maximum Gasteiger partial charge on any atom is 0.0725 e. The Balaban J connectivity index is 1.91. The fourth-order valence-electron chi connectivity index (χ4n) is 2.35. The van der Waals surface area contributed by atoms with E-state index in [0.29, 0.717) is 0 Å². The quantitative estimate of drug-likeness (QED) is 0.795. The van der Waals surface area contributed by atoms with E-state index in [1.807, 2.05) is 6.20 Å². The van der Waals surface area contributed by atoms with Crippen molar-refractivity contribution in [2.24, 2.45) is 11.7 Å². The number of hydrogen-bond donors (Lipinski definition) is 1. The van der Waals surface area contributed by atoms with Crippen molar-refractivity contribution in [1.82, 2.24) is 15.0 Å². The molecule has 15 heavy (non-hydrogen) atoms. The number of aromatic nitrogens is 3. The Labute approximate surface area is 90.8 Å². The van der Waals surface area contributed by atoms with Gasteiger partial charge in [-0.15, -0.1) is 5.10 Å². The normalized spacial score (nSPS) is 17.4. The predicted octanol–water partition coefficient (Wildman–Crippen LogP) is 1.36. The average Bonchev–Trinajstić information content (AvgIpc) is 2.87. The topological polar surface area (TPSA) is 56.7 Å². The van der Waals surface area contributed by atoms with E-state index in [9.17, 15) is 0 Å². The van der Waals surface area contributed by atoms with E-state index in [-0.39, 0.29) is 0 Å². The van der Waals surface area contributed by atoms with Gasteiger partial charge in [0.1, 0.15) is 0 Å². The molecule has 1 aromatic heterocycles. The van der Waals surface area contributed by atoms with Crippen molar-refractivity contribution < 1.29 is 0 Å². The summed E-state index contributed by atoms with van der Waals surface area (Å²) in [5.41, 5.74) is 6.75. The molecule has 0 spiro atoms. The van der Waals surface area contributed by atoms with E-state index >= 15 is 0 Å². The van der Waals surface area contributed by atoms with Crippen molar-refractivity contribution in [3.8, 4) is 0 Å². The Morgan fingerprint density at radius 2 is 2.20 bits per heavy atom. The minimum Gasteiger partial charge on any atom is -0.330 e. The first-order chi connectivity index (χ1) is 7.40. The SMILES string of the molecule is NCCCc1cnnn1CC1CCCC1. The van der Waals surface area contributed by atoms with Gasteiger partial charge in [0.05, 0.1) is 11.9 Å². The Morgan fingerprint density at radius 1 is 1.40 bits per heavy atom. The first-order valence-electron chi connectivity index (χ1n) is 5.97. The molecule has 4 heteroatoms. The lowest BCUT2D eigenvalue weighted by atomic mass is 10.1. The zero-order chi connectivity index (χ0) is 10.5. The molecule has 1 saturated carbocycles. The molecule has 0 radical (unpaired) electrons. The summed E-state index contributed by atoms with van der Waals surface area (Å²) < 4.78 is 2.08.